The van der Waals surface area contributed by atoms with Gasteiger partial charge in [0.1, 0.15) is 16.9 Å². The summed E-state index contributed by atoms with van der Waals surface area (Å²) in [5, 5.41) is 1.47. The van der Waals surface area contributed by atoms with Gasteiger partial charge in [-0.3, -0.25) is 9.36 Å². The van der Waals surface area contributed by atoms with Gasteiger partial charge in [0.25, 0.3) is 5.56 Å². The maximum absolute atomic E-state index is 13.5. The molecule has 7 nitrogen and oxygen atoms in total. The van der Waals surface area contributed by atoms with E-state index in [-0.39, 0.29) is 17.2 Å². The molecule has 1 atom stereocenters. The van der Waals surface area contributed by atoms with Crippen molar-refractivity contribution in [2.75, 3.05) is 6.61 Å². The summed E-state index contributed by atoms with van der Waals surface area (Å²) in [4.78, 5) is 23.2. The van der Waals surface area contributed by atoms with E-state index in [1.54, 1.807) is 4.57 Å². The minimum Gasteiger partial charge on any atom is -0.448 e. The van der Waals surface area contributed by atoms with Gasteiger partial charge >= 0.3 is 0 Å². The third-order valence-electron chi connectivity index (χ3n) is 6.39. The molecule has 1 aliphatic heterocycles. The zero-order valence-corrected chi connectivity index (χ0v) is 20.4. The lowest BCUT2D eigenvalue weighted by Gasteiger charge is -2.15. The van der Waals surface area contributed by atoms with Gasteiger partial charge in [0, 0.05) is 23.3 Å². The summed E-state index contributed by atoms with van der Waals surface area (Å²) < 4.78 is 19.4. The lowest BCUT2D eigenvalue weighted by Crippen LogP contribution is -2.28. The van der Waals surface area contributed by atoms with Crippen LogP contribution in [0.25, 0.3) is 33.5 Å². The Morgan fingerprint density at radius 1 is 1.06 bits per heavy atom. The number of furan rings is 1. The Hall–Kier alpha value is -3.36. The van der Waals surface area contributed by atoms with Gasteiger partial charge < -0.3 is 13.6 Å². The molecule has 0 radical (unpaired) electrons. The normalized spacial score (nSPS) is 16.0. The van der Waals surface area contributed by atoms with Crippen LogP contribution in [-0.4, -0.2) is 27.2 Å². The first-order valence-corrected chi connectivity index (χ1v) is 12.8. The highest BCUT2D eigenvalue weighted by atomic mass is 32.2. The Bertz CT molecular complexity index is 1580. The number of fused-ring (bicyclic) bond motifs is 3. The van der Waals surface area contributed by atoms with Crippen molar-refractivity contribution < 1.29 is 13.6 Å². The van der Waals surface area contributed by atoms with Crippen LogP contribution in [0.15, 0.2) is 67.3 Å². The number of benzene rings is 2. The van der Waals surface area contributed by atoms with Crippen molar-refractivity contribution in [3.63, 3.8) is 0 Å². The van der Waals surface area contributed by atoms with Crippen molar-refractivity contribution in [1.29, 1.82) is 0 Å². The molecule has 0 bridgehead atoms. The van der Waals surface area contributed by atoms with Gasteiger partial charge in [-0.15, -0.1) is 0 Å². The van der Waals surface area contributed by atoms with Crippen molar-refractivity contribution in [2.45, 2.75) is 50.2 Å². The van der Waals surface area contributed by atoms with E-state index < -0.39 is 0 Å². The molecule has 6 rings (SSSR count). The van der Waals surface area contributed by atoms with Gasteiger partial charge in [0.2, 0.25) is 11.5 Å². The van der Waals surface area contributed by atoms with Crippen molar-refractivity contribution in [2.24, 2.45) is 0 Å². The summed E-state index contributed by atoms with van der Waals surface area (Å²) in [7, 11) is 0. The Labute approximate surface area is 206 Å². The first kappa shape index (κ1) is 22.1. The topological polar surface area (TPSA) is 83.3 Å². The number of aryl methyl sites for hydroxylation is 2. The van der Waals surface area contributed by atoms with Crippen molar-refractivity contribution in [3.8, 4) is 11.5 Å². The molecule has 1 fully saturated rings. The van der Waals surface area contributed by atoms with Crippen LogP contribution in [0.3, 0.4) is 0 Å². The third kappa shape index (κ3) is 4.17. The predicted octanol–water partition coefficient (Wildman–Crippen LogP) is 5.89. The molecular weight excluding hydrogens is 462 g/mol. The van der Waals surface area contributed by atoms with E-state index in [0.717, 1.165) is 41.9 Å². The van der Waals surface area contributed by atoms with Crippen LogP contribution in [0, 0.1) is 13.8 Å². The van der Waals surface area contributed by atoms with Crippen LogP contribution in [0.5, 0.6) is 0 Å². The van der Waals surface area contributed by atoms with E-state index in [4.69, 9.17) is 23.5 Å². The highest BCUT2D eigenvalue weighted by Crippen LogP contribution is 2.31. The van der Waals surface area contributed by atoms with Crippen LogP contribution in [-0.2, 0) is 17.0 Å². The lowest BCUT2D eigenvalue weighted by molar-refractivity contribution is 0.0937. The molecule has 0 aliphatic carbocycles. The van der Waals surface area contributed by atoms with Gasteiger partial charge in [0.05, 0.1) is 18.3 Å². The van der Waals surface area contributed by atoms with Crippen LogP contribution >= 0.6 is 11.8 Å². The van der Waals surface area contributed by atoms with E-state index in [2.05, 4.69) is 6.92 Å². The number of nitrogens with zero attached hydrogens (tertiary/aromatic N) is 3. The summed E-state index contributed by atoms with van der Waals surface area (Å²) in [5.74, 6) is 1.88. The van der Waals surface area contributed by atoms with Gasteiger partial charge in [0.15, 0.2) is 5.16 Å². The zero-order chi connectivity index (χ0) is 23.9. The molecular formula is C27H25N3O4S. The average molecular weight is 488 g/mol. The maximum Gasteiger partial charge on any atom is 0.297 e. The largest absolute Gasteiger partial charge is 0.448 e. The Kier molecular flexibility index (Phi) is 5.70. The summed E-state index contributed by atoms with van der Waals surface area (Å²) in [5.41, 5.74) is 4.32. The second kappa shape index (κ2) is 9.02. The molecule has 8 heteroatoms. The smallest absolute Gasteiger partial charge is 0.297 e. The van der Waals surface area contributed by atoms with Crippen LogP contribution in [0.4, 0.5) is 0 Å². The second-order valence-electron chi connectivity index (χ2n) is 8.90. The van der Waals surface area contributed by atoms with Gasteiger partial charge in [-0.25, -0.2) is 9.97 Å². The molecule has 5 aromatic rings. The first-order valence-electron chi connectivity index (χ1n) is 11.8. The van der Waals surface area contributed by atoms with Crippen molar-refractivity contribution >= 4 is 33.8 Å². The number of thioether (sulfide) groups is 1. The van der Waals surface area contributed by atoms with E-state index >= 15 is 0 Å². The number of hydrogen-bond acceptors (Lipinski definition) is 7. The fourth-order valence-corrected chi connectivity index (χ4v) is 5.43. The summed E-state index contributed by atoms with van der Waals surface area (Å²) in [6, 6.07) is 15.7. The van der Waals surface area contributed by atoms with E-state index in [1.807, 2.05) is 55.5 Å². The Balaban J connectivity index is 1.37. The minimum atomic E-state index is -0.179. The molecule has 0 spiro atoms. The number of ether oxygens (including phenoxy) is 1. The SMILES string of the molecule is Cc1ccc(-c2nc(CSc3nc4c(oc5ccccc54)c(=O)n3C[C@H]3CCCO3)c(C)o2)cc1. The molecule has 4 heterocycles. The summed E-state index contributed by atoms with van der Waals surface area (Å²) in [6.07, 6.45) is 1.93. The molecule has 0 saturated carbocycles. The highest BCUT2D eigenvalue weighted by Gasteiger charge is 2.23. The molecule has 3 aromatic heterocycles. The maximum atomic E-state index is 13.5. The fraction of sp³-hybridized carbons (Fsp3) is 0.296. The minimum absolute atomic E-state index is 0.00222. The van der Waals surface area contributed by atoms with Gasteiger partial charge in [-0.05, 0) is 51.0 Å². The monoisotopic (exact) mass is 487 g/mol. The molecule has 0 amide bonds. The first-order chi connectivity index (χ1) is 17.1. The van der Waals surface area contributed by atoms with Crippen LogP contribution < -0.4 is 5.56 Å². The van der Waals surface area contributed by atoms with E-state index in [0.29, 0.717) is 34.4 Å². The van der Waals surface area contributed by atoms with Gasteiger partial charge in [-0.2, -0.15) is 0 Å². The Morgan fingerprint density at radius 2 is 1.89 bits per heavy atom. The van der Waals surface area contributed by atoms with Crippen molar-refractivity contribution in [3.05, 3.63) is 75.9 Å². The molecule has 35 heavy (non-hydrogen) atoms. The number of hydrogen-bond donors (Lipinski definition) is 0. The van der Waals surface area contributed by atoms with E-state index in [9.17, 15) is 4.79 Å². The number of oxazole rings is 1. The Morgan fingerprint density at radius 3 is 2.69 bits per heavy atom. The summed E-state index contributed by atoms with van der Waals surface area (Å²) >= 11 is 1.48. The lowest BCUT2D eigenvalue weighted by atomic mass is 10.1. The average Bonchev–Trinajstić information content (AvgIpc) is 3.59. The van der Waals surface area contributed by atoms with E-state index in [1.165, 1.54) is 17.3 Å². The molecule has 1 aliphatic rings. The van der Waals surface area contributed by atoms with Crippen molar-refractivity contribution in [1.82, 2.24) is 14.5 Å². The van der Waals surface area contributed by atoms with Gasteiger partial charge in [-0.1, -0.05) is 41.6 Å². The molecule has 0 unspecified atom stereocenters. The third-order valence-corrected chi connectivity index (χ3v) is 7.37. The molecule has 2 aromatic carbocycles. The number of para-hydroxylation sites is 1. The summed E-state index contributed by atoms with van der Waals surface area (Å²) in [6.45, 7) is 5.14. The number of rotatable bonds is 6. The molecule has 1 saturated heterocycles. The predicted molar refractivity (Wildman–Crippen MR) is 136 cm³/mol. The number of aromatic nitrogens is 3. The molecule has 0 N–H and O–H groups in total. The standard InChI is InChI=1S/C27H25N3O4S/c1-16-9-11-18(12-10-16)25-28-21(17(2)33-25)15-35-27-29-23-20-7-3-4-8-22(20)34-24(23)26(31)30(27)14-19-6-5-13-32-19/h3-4,7-12,19H,5-6,13-15H2,1-2H3/t19-/m1/s1. The highest BCUT2D eigenvalue weighted by molar-refractivity contribution is 7.98. The second-order valence-corrected chi connectivity index (χ2v) is 9.84. The van der Waals surface area contributed by atoms with Crippen LogP contribution in [0.1, 0.15) is 29.9 Å². The molecule has 178 valence electrons. The fourth-order valence-electron chi connectivity index (χ4n) is 4.43. The zero-order valence-electron chi connectivity index (χ0n) is 19.6. The van der Waals surface area contributed by atoms with Crippen LogP contribution in [0.2, 0.25) is 0 Å². The quantitative estimate of drug-likeness (QED) is 0.218.